The molecule has 5 nitrogen and oxygen atoms in total. The third-order valence-electron chi connectivity index (χ3n) is 4.72. The number of aromatic nitrogens is 1. The van der Waals surface area contributed by atoms with Gasteiger partial charge in [0, 0.05) is 18.0 Å². The van der Waals surface area contributed by atoms with E-state index in [0.29, 0.717) is 0 Å². The third-order valence-corrected chi connectivity index (χ3v) is 5.60. The molecule has 0 aliphatic carbocycles. The van der Waals surface area contributed by atoms with E-state index in [2.05, 4.69) is 4.98 Å². The van der Waals surface area contributed by atoms with E-state index in [0.717, 1.165) is 47.3 Å². The summed E-state index contributed by atoms with van der Waals surface area (Å²) >= 11 is 1.33. The van der Waals surface area contributed by atoms with Crippen LogP contribution in [0.25, 0.3) is 10.9 Å². The Morgan fingerprint density at radius 1 is 1.31 bits per heavy atom. The number of carbonyl (C=O) groups is 2. The van der Waals surface area contributed by atoms with Crippen molar-refractivity contribution in [2.45, 2.75) is 44.2 Å². The number of carbonyl (C=O) groups excluding carboxylic acids is 2. The molecule has 0 N–H and O–H groups in total. The van der Waals surface area contributed by atoms with Crippen LogP contribution in [0.15, 0.2) is 35.4 Å². The molecule has 0 radical (unpaired) electrons. The number of esters is 1. The molecule has 1 fully saturated rings. The largest absolute Gasteiger partial charge is 0.455 e. The summed E-state index contributed by atoms with van der Waals surface area (Å²) in [5.41, 5.74) is 2.04. The van der Waals surface area contributed by atoms with Crippen LogP contribution in [0.5, 0.6) is 0 Å². The molecule has 1 atom stereocenters. The summed E-state index contributed by atoms with van der Waals surface area (Å²) in [6.45, 7) is 4.66. The van der Waals surface area contributed by atoms with Gasteiger partial charge >= 0.3 is 5.97 Å². The number of benzene rings is 1. The molecule has 1 amide bonds. The minimum Gasteiger partial charge on any atom is -0.455 e. The van der Waals surface area contributed by atoms with Gasteiger partial charge in [0.1, 0.15) is 0 Å². The highest BCUT2D eigenvalue weighted by atomic mass is 32.2. The van der Waals surface area contributed by atoms with E-state index in [4.69, 9.17) is 4.74 Å². The van der Waals surface area contributed by atoms with Crippen LogP contribution in [0.2, 0.25) is 0 Å². The summed E-state index contributed by atoms with van der Waals surface area (Å²) in [5, 5.41) is 1.90. The van der Waals surface area contributed by atoms with Crippen LogP contribution in [0.1, 0.15) is 31.7 Å². The number of fused-ring (bicyclic) bond motifs is 1. The van der Waals surface area contributed by atoms with Gasteiger partial charge in [-0.1, -0.05) is 30.0 Å². The van der Waals surface area contributed by atoms with Crippen LogP contribution in [0.4, 0.5) is 0 Å². The van der Waals surface area contributed by atoms with Crippen LogP contribution in [-0.2, 0) is 14.3 Å². The first-order valence-corrected chi connectivity index (χ1v) is 9.97. The fourth-order valence-corrected chi connectivity index (χ4v) is 4.03. The predicted molar refractivity (Wildman–Crippen MR) is 103 cm³/mol. The Balaban J connectivity index is 1.50. The number of hydrogen-bond acceptors (Lipinski definition) is 5. The molecule has 1 aromatic carbocycles. The average Bonchev–Trinajstić information content (AvgIpc) is 2.65. The summed E-state index contributed by atoms with van der Waals surface area (Å²) in [5.74, 6) is -0.344. The van der Waals surface area contributed by atoms with E-state index in [1.54, 1.807) is 0 Å². The van der Waals surface area contributed by atoms with Crippen molar-refractivity contribution in [3.8, 4) is 0 Å². The Morgan fingerprint density at radius 2 is 2.12 bits per heavy atom. The molecule has 0 bridgehead atoms. The lowest BCUT2D eigenvalue weighted by Crippen LogP contribution is -2.44. The zero-order valence-corrected chi connectivity index (χ0v) is 16.1. The summed E-state index contributed by atoms with van der Waals surface area (Å²) < 4.78 is 5.17. The number of piperidine rings is 1. The number of aryl methyl sites for hydroxylation is 1. The minimum absolute atomic E-state index is 0.102. The van der Waals surface area contributed by atoms with Gasteiger partial charge in [0.15, 0.2) is 6.61 Å². The van der Waals surface area contributed by atoms with Crippen LogP contribution < -0.4 is 0 Å². The smallest absolute Gasteiger partial charge is 0.316 e. The van der Waals surface area contributed by atoms with Gasteiger partial charge in [-0.3, -0.25) is 9.59 Å². The Labute approximate surface area is 158 Å². The number of likely N-dealkylation sites (tertiary alicyclic amines) is 1. The molecule has 2 heterocycles. The molecule has 3 rings (SSSR count). The lowest BCUT2D eigenvalue weighted by molar-refractivity contribution is -0.151. The molecule has 1 aliphatic heterocycles. The number of ether oxygens (including phenoxy) is 1. The van der Waals surface area contributed by atoms with Crippen molar-refractivity contribution in [2.24, 2.45) is 0 Å². The first kappa shape index (κ1) is 18.7. The number of rotatable bonds is 5. The summed E-state index contributed by atoms with van der Waals surface area (Å²) in [4.78, 5) is 30.6. The third kappa shape index (κ3) is 4.55. The van der Waals surface area contributed by atoms with E-state index in [1.165, 1.54) is 11.8 Å². The van der Waals surface area contributed by atoms with Crippen molar-refractivity contribution >= 4 is 34.5 Å². The average molecular weight is 372 g/mol. The maximum absolute atomic E-state index is 12.2. The highest BCUT2D eigenvalue weighted by Crippen LogP contribution is 2.23. The van der Waals surface area contributed by atoms with Gasteiger partial charge in [0.2, 0.25) is 0 Å². The zero-order chi connectivity index (χ0) is 18.5. The topological polar surface area (TPSA) is 59.5 Å². The molecule has 138 valence electrons. The molecule has 0 spiro atoms. The fourth-order valence-electron chi connectivity index (χ4n) is 3.26. The normalized spacial score (nSPS) is 17.3. The van der Waals surface area contributed by atoms with E-state index < -0.39 is 0 Å². The Kier molecular flexibility index (Phi) is 6.14. The second kappa shape index (κ2) is 8.54. The monoisotopic (exact) mass is 372 g/mol. The number of thioether (sulfide) groups is 1. The van der Waals surface area contributed by atoms with E-state index in [9.17, 15) is 9.59 Å². The Hall–Kier alpha value is -2.08. The summed E-state index contributed by atoms with van der Waals surface area (Å²) in [6.07, 6.45) is 3.19. The fraction of sp³-hybridized carbons (Fsp3) is 0.450. The van der Waals surface area contributed by atoms with Crippen LogP contribution in [0.3, 0.4) is 0 Å². The van der Waals surface area contributed by atoms with Crippen molar-refractivity contribution in [2.75, 3.05) is 18.9 Å². The lowest BCUT2D eigenvalue weighted by atomic mass is 10.0. The van der Waals surface area contributed by atoms with Gasteiger partial charge in [-0.15, -0.1) is 0 Å². The van der Waals surface area contributed by atoms with Crippen LogP contribution in [-0.4, -0.2) is 46.7 Å². The first-order chi connectivity index (χ1) is 12.5. The van der Waals surface area contributed by atoms with E-state index in [-0.39, 0.29) is 30.3 Å². The number of amides is 1. The van der Waals surface area contributed by atoms with Crippen molar-refractivity contribution in [1.82, 2.24) is 9.88 Å². The molecule has 0 saturated carbocycles. The standard InChI is InChI=1S/C20H24N2O3S/c1-14-11-18(21-17-9-4-3-8-16(14)17)26-13-20(24)25-12-19(23)22-10-6-5-7-15(22)2/h3-4,8-9,11,15H,5-7,10,12-13H2,1-2H3/t15-/m0/s1. The van der Waals surface area contributed by atoms with Gasteiger partial charge in [-0.05, 0) is 50.8 Å². The van der Waals surface area contributed by atoms with Crippen molar-refractivity contribution in [3.63, 3.8) is 0 Å². The highest BCUT2D eigenvalue weighted by molar-refractivity contribution is 7.99. The Bertz CT molecular complexity index is 809. The SMILES string of the molecule is Cc1cc(SCC(=O)OCC(=O)N2CCCC[C@@H]2C)nc2ccccc12. The van der Waals surface area contributed by atoms with Crippen molar-refractivity contribution in [3.05, 3.63) is 35.9 Å². The van der Waals surface area contributed by atoms with Gasteiger partial charge in [-0.2, -0.15) is 0 Å². The maximum Gasteiger partial charge on any atom is 0.316 e. The van der Waals surface area contributed by atoms with Crippen LogP contribution >= 0.6 is 11.8 Å². The molecule has 0 unspecified atom stereocenters. The first-order valence-electron chi connectivity index (χ1n) is 8.99. The molecule has 1 aliphatic rings. The zero-order valence-electron chi connectivity index (χ0n) is 15.2. The van der Waals surface area contributed by atoms with E-state index >= 15 is 0 Å². The Morgan fingerprint density at radius 3 is 2.92 bits per heavy atom. The molecular formula is C20H24N2O3S. The molecule has 1 aromatic heterocycles. The second-order valence-electron chi connectivity index (χ2n) is 6.68. The van der Waals surface area contributed by atoms with Gasteiger partial charge in [0.05, 0.1) is 16.3 Å². The molecule has 2 aromatic rings. The number of nitrogens with zero attached hydrogens (tertiary/aromatic N) is 2. The van der Waals surface area contributed by atoms with Crippen LogP contribution in [0, 0.1) is 6.92 Å². The highest BCUT2D eigenvalue weighted by Gasteiger charge is 2.23. The van der Waals surface area contributed by atoms with Gasteiger partial charge in [0.25, 0.3) is 5.91 Å². The predicted octanol–water partition coefficient (Wildman–Crippen LogP) is 3.58. The van der Waals surface area contributed by atoms with Crippen molar-refractivity contribution < 1.29 is 14.3 Å². The summed E-state index contributed by atoms with van der Waals surface area (Å²) in [6, 6.07) is 10.1. The molecule has 1 saturated heterocycles. The molecule has 6 heteroatoms. The summed E-state index contributed by atoms with van der Waals surface area (Å²) in [7, 11) is 0. The molecule has 26 heavy (non-hydrogen) atoms. The van der Waals surface area contributed by atoms with E-state index in [1.807, 2.05) is 49.1 Å². The number of para-hydroxylation sites is 1. The minimum atomic E-state index is -0.388. The maximum atomic E-state index is 12.2. The second-order valence-corrected chi connectivity index (χ2v) is 7.67. The number of pyridine rings is 1. The van der Waals surface area contributed by atoms with Gasteiger partial charge < -0.3 is 9.64 Å². The van der Waals surface area contributed by atoms with Crippen molar-refractivity contribution in [1.29, 1.82) is 0 Å². The van der Waals surface area contributed by atoms with Gasteiger partial charge in [-0.25, -0.2) is 4.98 Å². The molecular weight excluding hydrogens is 348 g/mol. The number of hydrogen-bond donors (Lipinski definition) is 0. The quantitative estimate of drug-likeness (QED) is 0.593. The lowest BCUT2D eigenvalue weighted by Gasteiger charge is -2.33.